The lowest BCUT2D eigenvalue weighted by Gasteiger charge is -2.31. The van der Waals surface area contributed by atoms with Crippen LogP contribution >= 0.6 is 0 Å². The van der Waals surface area contributed by atoms with E-state index >= 15 is 0 Å². The lowest BCUT2D eigenvalue weighted by atomic mass is 10.0. The molecule has 1 unspecified atom stereocenters. The van der Waals surface area contributed by atoms with Crippen LogP contribution in [-0.4, -0.2) is 60.1 Å². The Kier molecular flexibility index (Phi) is 7.16. The van der Waals surface area contributed by atoms with E-state index in [1.54, 1.807) is 0 Å². The molecule has 1 aliphatic heterocycles. The zero-order chi connectivity index (χ0) is 17.5. The highest BCUT2D eigenvalue weighted by Gasteiger charge is 2.23. The number of aliphatic imine (C=N–C) groups is 1. The number of likely N-dealkylation sites (tertiary alicyclic amines) is 1. The third-order valence-corrected chi connectivity index (χ3v) is 4.92. The van der Waals surface area contributed by atoms with Crippen LogP contribution < -0.4 is 5.32 Å². The Balaban J connectivity index is 1.91. The van der Waals surface area contributed by atoms with Gasteiger partial charge >= 0.3 is 0 Å². The normalized spacial score (nSPS) is 17.5. The average molecular weight is 334 g/mol. The summed E-state index contributed by atoms with van der Waals surface area (Å²) in [4.78, 5) is 9.33. The van der Waals surface area contributed by atoms with E-state index in [4.69, 9.17) is 0 Å². The summed E-state index contributed by atoms with van der Waals surface area (Å²) in [5.41, 5.74) is 1.29. The van der Waals surface area contributed by atoms with Crippen molar-refractivity contribution >= 4 is 5.96 Å². The zero-order valence-corrected chi connectivity index (χ0v) is 16.1. The molecule has 5 nitrogen and oxygen atoms in total. The number of guanidine groups is 1. The number of rotatable bonds is 7. The Bertz CT molecular complexity index is 514. The third kappa shape index (κ3) is 5.26. The molecule has 0 bridgehead atoms. The van der Waals surface area contributed by atoms with Gasteiger partial charge < -0.3 is 14.8 Å². The number of hydrogen-bond donors (Lipinski definition) is 1. The van der Waals surface area contributed by atoms with E-state index in [0.29, 0.717) is 6.04 Å². The second kappa shape index (κ2) is 9.11. The maximum Gasteiger partial charge on any atom is 0.193 e. The number of nitrogens with one attached hydrogen (secondary N) is 1. The molecule has 0 radical (unpaired) electrons. The molecule has 1 saturated heterocycles. The van der Waals surface area contributed by atoms with Crippen molar-refractivity contribution in [1.82, 2.24) is 19.7 Å². The van der Waals surface area contributed by atoms with Gasteiger partial charge in [0.25, 0.3) is 0 Å². The molecule has 0 aliphatic carbocycles. The summed E-state index contributed by atoms with van der Waals surface area (Å²) < 4.78 is 2.16. The largest absolute Gasteiger partial charge is 0.355 e. The molecule has 1 aliphatic rings. The van der Waals surface area contributed by atoms with Crippen molar-refractivity contribution in [3.8, 4) is 0 Å². The van der Waals surface area contributed by atoms with E-state index in [1.807, 2.05) is 7.05 Å². The molecular weight excluding hydrogens is 298 g/mol. The van der Waals surface area contributed by atoms with Crippen molar-refractivity contribution in [3.05, 3.63) is 24.0 Å². The molecule has 0 saturated carbocycles. The highest BCUT2D eigenvalue weighted by molar-refractivity contribution is 5.79. The SMILES string of the molecule is CN=C(NCC(CC(C)C)N1CCCC1)N(C)Cc1cccn1C. The summed E-state index contributed by atoms with van der Waals surface area (Å²) in [6, 6.07) is 4.86. The Morgan fingerprint density at radius 2 is 2.04 bits per heavy atom. The second-order valence-electron chi connectivity index (χ2n) is 7.42. The van der Waals surface area contributed by atoms with Crippen molar-refractivity contribution in [2.75, 3.05) is 33.7 Å². The van der Waals surface area contributed by atoms with Crippen molar-refractivity contribution in [2.24, 2.45) is 18.0 Å². The van der Waals surface area contributed by atoms with Crippen LogP contribution in [0.25, 0.3) is 0 Å². The third-order valence-electron chi connectivity index (χ3n) is 4.92. The van der Waals surface area contributed by atoms with Gasteiger partial charge in [-0.1, -0.05) is 13.8 Å². The minimum Gasteiger partial charge on any atom is -0.355 e. The fourth-order valence-corrected chi connectivity index (χ4v) is 3.58. The fourth-order valence-electron chi connectivity index (χ4n) is 3.58. The van der Waals surface area contributed by atoms with Gasteiger partial charge in [-0.2, -0.15) is 0 Å². The summed E-state index contributed by atoms with van der Waals surface area (Å²) in [7, 11) is 6.07. The van der Waals surface area contributed by atoms with Gasteiger partial charge in [-0.05, 0) is 50.4 Å². The predicted molar refractivity (Wildman–Crippen MR) is 102 cm³/mol. The zero-order valence-electron chi connectivity index (χ0n) is 16.1. The van der Waals surface area contributed by atoms with E-state index in [1.165, 1.54) is 38.0 Å². The maximum absolute atomic E-state index is 4.48. The first kappa shape index (κ1) is 18.8. The molecule has 5 heteroatoms. The van der Waals surface area contributed by atoms with Gasteiger partial charge in [0.05, 0.1) is 6.54 Å². The molecule has 24 heavy (non-hydrogen) atoms. The van der Waals surface area contributed by atoms with Crippen LogP contribution in [0.5, 0.6) is 0 Å². The van der Waals surface area contributed by atoms with Crippen molar-refractivity contribution in [3.63, 3.8) is 0 Å². The molecule has 2 rings (SSSR count). The highest BCUT2D eigenvalue weighted by Crippen LogP contribution is 2.17. The summed E-state index contributed by atoms with van der Waals surface area (Å²) in [5, 5.41) is 3.61. The molecule has 1 aromatic heterocycles. The standard InChI is InChI=1S/C19H35N5/c1-16(2)13-18(24-11-6-7-12-24)14-21-19(20-3)23(5)15-17-9-8-10-22(17)4/h8-10,16,18H,6-7,11-15H2,1-5H3,(H,20,21). The van der Waals surface area contributed by atoms with Crippen LogP contribution in [0.1, 0.15) is 38.8 Å². The molecule has 1 N–H and O–H groups in total. The number of aryl methyl sites for hydroxylation is 1. The van der Waals surface area contributed by atoms with Crippen LogP contribution in [0.3, 0.4) is 0 Å². The van der Waals surface area contributed by atoms with E-state index in [2.05, 4.69) is 70.9 Å². The van der Waals surface area contributed by atoms with Crippen LogP contribution in [0, 0.1) is 5.92 Å². The molecule has 1 aromatic rings. The smallest absolute Gasteiger partial charge is 0.193 e. The summed E-state index contributed by atoms with van der Waals surface area (Å²) >= 11 is 0. The Labute approximate surface area is 147 Å². The van der Waals surface area contributed by atoms with Crippen molar-refractivity contribution < 1.29 is 0 Å². The summed E-state index contributed by atoms with van der Waals surface area (Å²) in [6.07, 6.45) is 6.02. The maximum atomic E-state index is 4.48. The summed E-state index contributed by atoms with van der Waals surface area (Å²) in [5.74, 6) is 1.70. The van der Waals surface area contributed by atoms with E-state index in [-0.39, 0.29) is 0 Å². The fraction of sp³-hybridized carbons (Fsp3) is 0.737. The first-order valence-corrected chi connectivity index (χ1v) is 9.27. The highest BCUT2D eigenvalue weighted by atomic mass is 15.3. The van der Waals surface area contributed by atoms with E-state index < -0.39 is 0 Å². The lowest BCUT2D eigenvalue weighted by Crippen LogP contribution is -2.47. The second-order valence-corrected chi connectivity index (χ2v) is 7.42. The van der Waals surface area contributed by atoms with Crippen LogP contribution in [0.15, 0.2) is 23.3 Å². The van der Waals surface area contributed by atoms with Crippen LogP contribution in [0.4, 0.5) is 0 Å². The van der Waals surface area contributed by atoms with Gasteiger partial charge in [0.2, 0.25) is 0 Å². The molecule has 0 spiro atoms. The van der Waals surface area contributed by atoms with Gasteiger partial charge in [-0.25, -0.2) is 0 Å². The minimum atomic E-state index is 0.604. The monoisotopic (exact) mass is 333 g/mol. The van der Waals surface area contributed by atoms with Gasteiger partial charge in [-0.3, -0.25) is 9.89 Å². The molecule has 1 fully saturated rings. The van der Waals surface area contributed by atoms with Crippen molar-refractivity contribution in [2.45, 2.75) is 45.7 Å². The van der Waals surface area contributed by atoms with Gasteiger partial charge in [0, 0.05) is 45.6 Å². The number of nitrogens with zero attached hydrogens (tertiary/aromatic N) is 4. The Hall–Kier alpha value is -1.49. The Morgan fingerprint density at radius 1 is 1.33 bits per heavy atom. The first-order chi connectivity index (χ1) is 11.5. The molecule has 0 aromatic carbocycles. The lowest BCUT2D eigenvalue weighted by molar-refractivity contribution is 0.211. The van der Waals surface area contributed by atoms with E-state index in [9.17, 15) is 0 Å². The molecule has 0 amide bonds. The minimum absolute atomic E-state index is 0.604. The van der Waals surface area contributed by atoms with Gasteiger partial charge in [0.1, 0.15) is 0 Å². The predicted octanol–water partition coefficient (Wildman–Crippen LogP) is 2.54. The number of aromatic nitrogens is 1. The van der Waals surface area contributed by atoms with Crippen LogP contribution in [-0.2, 0) is 13.6 Å². The molecule has 1 atom stereocenters. The quantitative estimate of drug-likeness (QED) is 0.615. The topological polar surface area (TPSA) is 35.8 Å². The molecule has 2 heterocycles. The van der Waals surface area contributed by atoms with Gasteiger partial charge in [0.15, 0.2) is 5.96 Å². The summed E-state index contributed by atoms with van der Waals surface area (Å²) in [6.45, 7) is 8.97. The first-order valence-electron chi connectivity index (χ1n) is 9.27. The Morgan fingerprint density at radius 3 is 2.58 bits per heavy atom. The molecule has 136 valence electrons. The van der Waals surface area contributed by atoms with Crippen molar-refractivity contribution in [1.29, 1.82) is 0 Å². The average Bonchev–Trinajstić information content (AvgIpc) is 3.19. The van der Waals surface area contributed by atoms with E-state index in [0.717, 1.165) is 25.0 Å². The van der Waals surface area contributed by atoms with Gasteiger partial charge in [-0.15, -0.1) is 0 Å². The number of hydrogen-bond acceptors (Lipinski definition) is 2. The van der Waals surface area contributed by atoms with Crippen LogP contribution in [0.2, 0.25) is 0 Å². The molecular formula is C19H35N5.